The van der Waals surface area contributed by atoms with Crippen LogP contribution < -0.4 is 4.90 Å². The molecule has 4 nitrogen and oxygen atoms in total. The van der Waals surface area contributed by atoms with Gasteiger partial charge in [0.2, 0.25) is 0 Å². The normalized spacial score (nSPS) is 10.7. The van der Waals surface area contributed by atoms with Gasteiger partial charge in [-0.05, 0) is 37.1 Å². The Labute approximate surface area is 107 Å². The molecular formula is C14H18N2O2. The van der Waals surface area contributed by atoms with E-state index in [0.29, 0.717) is 0 Å². The van der Waals surface area contributed by atoms with Gasteiger partial charge in [-0.25, -0.2) is 4.98 Å². The molecule has 0 fully saturated rings. The second-order valence-corrected chi connectivity index (χ2v) is 4.50. The van der Waals surface area contributed by atoms with Crippen molar-refractivity contribution in [2.45, 2.75) is 27.0 Å². The van der Waals surface area contributed by atoms with Crippen LogP contribution in [0.15, 0.2) is 29.0 Å². The molecule has 0 aromatic carbocycles. The maximum Gasteiger partial charge on any atom is 0.131 e. The minimum atomic E-state index is 0.0265. The first kappa shape index (κ1) is 12.6. The van der Waals surface area contributed by atoms with Crippen LogP contribution in [0.5, 0.6) is 0 Å². The number of rotatable bonds is 4. The van der Waals surface area contributed by atoms with Crippen molar-refractivity contribution in [3.63, 3.8) is 0 Å². The number of furan rings is 1. The first-order valence-electron chi connectivity index (χ1n) is 5.92. The molecule has 2 rings (SSSR count). The molecule has 0 bridgehead atoms. The molecule has 2 aromatic rings. The summed E-state index contributed by atoms with van der Waals surface area (Å²) in [6.07, 6.45) is 3.41. The second-order valence-electron chi connectivity index (χ2n) is 4.50. The fraction of sp³-hybridized carbons (Fsp3) is 0.357. The lowest BCUT2D eigenvalue weighted by Crippen LogP contribution is -2.19. The van der Waals surface area contributed by atoms with Crippen LogP contribution >= 0.6 is 0 Å². The Balaban J connectivity index is 2.19. The molecule has 1 N–H and O–H groups in total. The monoisotopic (exact) mass is 246 g/mol. The second kappa shape index (κ2) is 5.23. The van der Waals surface area contributed by atoms with E-state index in [4.69, 9.17) is 9.52 Å². The number of hydrogen-bond acceptors (Lipinski definition) is 4. The number of nitrogens with zero attached hydrogens (tertiary/aromatic N) is 2. The Morgan fingerprint density at radius 2 is 2.17 bits per heavy atom. The largest absolute Gasteiger partial charge is 0.469 e. The molecule has 0 aliphatic rings. The summed E-state index contributed by atoms with van der Waals surface area (Å²) in [4.78, 5) is 6.47. The van der Waals surface area contributed by atoms with Gasteiger partial charge in [0.25, 0.3) is 0 Å². The van der Waals surface area contributed by atoms with Crippen molar-refractivity contribution in [2.24, 2.45) is 0 Å². The SMILES string of the molecule is Cc1cc(CO)cnc1N(C)Cc1ccoc1C. The number of pyridine rings is 1. The number of hydrogen-bond donors (Lipinski definition) is 1. The minimum absolute atomic E-state index is 0.0265. The first-order valence-corrected chi connectivity index (χ1v) is 5.92. The summed E-state index contributed by atoms with van der Waals surface area (Å²) < 4.78 is 5.29. The summed E-state index contributed by atoms with van der Waals surface area (Å²) in [5, 5.41) is 9.07. The van der Waals surface area contributed by atoms with Gasteiger partial charge in [-0.2, -0.15) is 0 Å². The third-order valence-electron chi connectivity index (χ3n) is 3.03. The van der Waals surface area contributed by atoms with Crippen LogP contribution in [0, 0.1) is 13.8 Å². The maximum atomic E-state index is 9.07. The van der Waals surface area contributed by atoms with E-state index in [-0.39, 0.29) is 6.61 Å². The molecule has 18 heavy (non-hydrogen) atoms. The quantitative estimate of drug-likeness (QED) is 0.900. The maximum absolute atomic E-state index is 9.07. The van der Waals surface area contributed by atoms with Gasteiger partial charge >= 0.3 is 0 Å². The number of aromatic nitrogens is 1. The van der Waals surface area contributed by atoms with Crippen LogP contribution in [-0.2, 0) is 13.2 Å². The number of aliphatic hydroxyl groups excluding tert-OH is 1. The summed E-state index contributed by atoms with van der Waals surface area (Å²) >= 11 is 0. The van der Waals surface area contributed by atoms with Gasteiger partial charge < -0.3 is 14.4 Å². The van der Waals surface area contributed by atoms with Crippen LogP contribution in [0.4, 0.5) is 5.82 Å². The van der Waals surface area contributed by atoms with Crippen LogP contribution in [0.1, 0.15) is 22.5 Å². The Bertz CT molecular complexity index is 534. The standard InChI is InChI=1S/C14H18N2O2/c1-10-6-12(9-17)7-15-14(10)16(3)8-13-4-5-18-11(13)2/h4-7,17H,8-9H2,1-3H3. The molecule has 0 unspecified atom stereocenters. The van der Waals surface area contributed by atoms with E-state index in [0.717, 1.165) is 34.8 Å². The van der Waals surface area contributed by atoms with Crippen molar-refractivity contribution in [1.82, 2.24) is 4.98 Å². The van der Waals surface area contributed by atoms with E-state index in [2.05, 4.69) is 9.88 Å². The van der Waals surface area contributed by atoms with Crippen LogP contribution in [0.3, 0.4) is 0 Å². The average molecular weight is 246 g/mol. The summed E-state index contributed by atoms with van der Waals surface area (Å²) in [6, 6.07) is 3.93. The van der Waals surface area contributed by atoms with Gasteiger partial charge in [0, 0.05) is 25.4 Å². The molecule has 0 saturated heterocycles. The molecule has 0 saturated carbocycles. The van der Waals surface area contributed by atoms with Crippen molar-refractivity contribution < 1.29 is 9.52 Å². The predicted molar refractivity (Wildman–Crippen MR) is 70.4 cm³/mol. The molecular weight excluding hydrogens is 228 g/mol. The molecule has 2 aromatic heterocycles. The molecule has 0 spiro atoms. The minimum Gasteiger partial charge on any atom is -0.469 e. The molecule has 4 heteroatoms. The molecule has 2 heterocycles. The fourth-order valence-electron chi connectivity index (χ4n) is 2.02. The van der Waals surface area contributed by atoms with Crippen molar-refractivity contribution in [3.05, 3.63) is 47.0 Å². The molecule has 0 aliphatic heterocycles. The highest BCUT2D eigenvalue weighted by atomic mass is 16.3. The third kappa shape index (κ3) is 2.54. The van der Waals surface area contributed by atoms with E-state index in [1.165, 1.54) is 0 Å². The highest BCUT2D eigenvalue weighted by molar-refractivity contribution is 5.47. The lowest BCUT2D eigenvalue weighted by molar-refractivity contribution is 0.281. The summed E-state index contributed by atoms with van der Waals surface area (Å²) in [6.45, 7) is 4.74. The Hall–Kier alpha value is -1.81. The van der Waals surface area contributed by atoms with Crippen LogP contribution in [0.2, 0.25) is 0 Å². The summed E-state index contributed by atoms with van der Waals surface area (Å²) in [5.74, 6) is 1.86. The Kier molecular flexibility index (Phi) is 3.67. The van der Waals surface area contributed by atoms with Gasteiger partial charge in [-0.3, -0.25) is 0 Å². The highest BCUT2D eigenvalue weighted by Crippen LogP contribution is 2.20. The average Bonchev–Trinajstić information content (AvgIpc) is 2.74. The van der Waals surface area contributed by atoms with Gasteiger partial charge in [0.05, 0.1) is 12.9 Å². The van der Waals surface area contributed by atoms with Gasteiger partial charge in [0.15, 0.2) is 0 Å². The Morgan fingerprint density at radius 1 is 1.39 bits per heavy atom. The summed E-state index contributed by atoms with van der Waals surface area (Å²) in [7, 11) is 2.00. The van der Waals surface area contributed by atoms with Crippen molar-refractivity contribution in [3.8, 4) is 0 Å². The van der Waals surface area contributed by atoms with Crippen molar-refractivity contribution >= 4 is 5.82 Å². The van der Waals surface area contributed by atoms with Gasteiger partial charge in [0.1, 0.15) is 11.6 Å². The van der Waals surface area contributed by atoms with Crippen molar-refractivity contribution in [1.29, 1.82) is 0 Å². The van der Waals surface area contributed by atoms with E-state index < -0.39 is 0 Å². The molecule has 0 aliphatic carbocycles. The van der Waals surface area contributed by atoms with Crippen molar-refractivity contribution in [2.75, 3.05) is 11.9 Å². The fourth-order valence-corrected chi connectivity index (χ4v) is 2.02. The van der Waals surface area contributed by atoms with Crippen LogP contribution in [-0.4, -0.2) is 17.1 Å². The van der Waals surface area contributed by atoms with Gasteiger partial charge in [-0.15, -0.1) is 0 Å². The zero-order chi connectivity index (χ0) is 13.1. The highest BCUT2D eigenvalue weighted by Gasteiger charge is 2.10. The van der Waals surface area contributed by atoms with Crippen LogP contribution in [0.25, 0.3) is 0 Å². The molecule has 0 amide bonds. The third-order valence-corrected chi connectivity index (χ3v) is 3.03. The van der Waals surface area contributed by atoms with E-state index in [9.17, 15) is 0 Å². The number of anilines is 1. The lowest BCUT2D eigenvalue weighted by Gasteiger charge is -2.20. The lowest BCUT2D eigenvalue weighted by atomic mass is 10.2. The zero-order valence-corrected chi connectivity index (χ0v) is 11.0. The Morgan fingerprint density at radius 3 is 2.72 bits per heavy atom. The van der Waals surface area contributed by atoms with E-state index in [1.54, 1.807) is 12.5 Å². The predicted octanol–water partition coefficient (Wildman–Crippen LogP) is 2.42. The molecule has 0 radical (unpaired) electrons. The molecule has 0 atom stereocenters. The van der Waals surface area contributed by atoms with E-state index >= 15 is 0 Å². The first-order chi connectivity index (χ1) is 8.61. The smallest absolute Gasteiger partial charge is 0.131 e. The molecule has 96 valence electrons. The van der Waals surface area contributed by atoms with E-state index in [1.807, 2.05) is 33.0 Å². The topological polar surface area (TPSA) is 49.5 Å². The zero-order valence-electron chi connectivity index (χ0n) is 11.0. The number of aliphatic hydroxyl groups is 1. The summed E-state index contributed by atoms with van der Waals surface area (Å²) in [5.41, 5.74) is 3.05. The number of aryl methyl sites for hydroxylation is 2. The van der Waals surface area contributed by atoms with Gasteiger partial charge in [-0.1, -0.05) is 0 Å².